The van der Waals surface area contributed by atoms with Crippen molar-refractivity contribution in [1.29, 1.82) is 0 Å². The quantitative estimate of drug-likeness (QED) is 0.575. The van der Waals surface area contributed by atoms with Crippen LogP contribution in [0.25, 0.3) is 0 Å². The van der Waals surface area contributed by atoms with Crippen molar-refractivity contribution in [1.82, 2.24) is 0 Å². The van der Waals surface area contributed by atoms with Gasteiger partial charge in [-0.3, -0.25) is 0 Å². The van der Waals surface area contributed by atoms with Crippen LogP contribution in [0.2, 0.25) is 0 Å². The van der Waals surface area contributed by atoms with Crippen molar-refractivity contribution in [2.75, 3.05) is 0 Å². The van der Waals surface area contributed by atoms with E-state index >= 15 is 0 Å². The van der Waals surface area contributed by atoms with Crippen LogP contribution in [0.1, 0.15) is 59.0 Å². The minimum absolute atomic E-state index is 0.0359. The maximum atomic E-state index is 6.63. The van der Waals surface area contributed by atoms with Crippen LogP contribution < -0.4 is 0 Å². The summed E-state index contributed by atoms with van der Waals surface area (Å²) in [7, 11) is 0. The molecule has 0 fully saturated rings. The fourth-order valence-corrected chi connectivity index (χ4v) is 3.59. The summed E-state index contributed by atoms with van der Waals surface area (Å²) in [5.41, 5.74) is 4.13. The topological polar surface area (TPSA) is 0 Å². The van der Waals surface area contributed by atoms with Gasteiger partial charge in [-0.25, -0.2) is 0 Å². The van der Waals surface area contributed by atoms with Crippen LogP contribution in [-0.2, 0) is 5.41 Å². The lowest BCUT2D eigenvalue weighted by Gasteiger charge is -2.23. The first-order chi connectivity index (χ1) is 9.35. The number of aryl methyl sites for hydroxylation is 2. The van der Waals surface area contributed by atoms with Crippen molar-refractivity contribution in [2.24, 2.45) is 0 Å². The molecule has 2 rings (SSSR count). The average Bonchev–Trinajstić information content (AvgIpc) is 2.78. The lowest BCUT2D eigenvalue weighted by Crippen LogP contribution is -2.15. The molecule has 108 valence electrons. The molecular weight excluding hydrogens is 284 g/mol. The predicted molar refractivity (Wildman–Crippen MR) is 91.2 cm³/mol. The maximum Gasteiger partial charge on any atom is 0.0927 e. The first kappa shape index (κ1) is 15.6. The van der Waals surface area contributed by atoms with Crippen LogP contribution in [0.5, 0.6) is 0 Å². The van der Waals surface area contributed by atoms with Gasteiger partial charge in [0.1, 0.15) is 0 Å². The Balaban J connectivity index is 2.26. The van der Waals surface area contributed by atoms with E-state index in [1.807, 2.05) is 0 Å². The molecular formula is C18H23ClS. The maximum absolute atomic E-state index is 6.63. The molecule has 0 amide bonds. The monoisotopic (exact) mass is 306 g/mol. The summed E-state index contributed by atoms with van der Waals surface area (Å²) in [6, 6.07) is 11.0. The Labute approximate surface area is 131 Å². The molecule has 0 radical (unpaired) electrons. The van der Waals surface area contributed by atoms with Gasteiger partial charge in [-0.05, 0) is 48.4 Å². The molecule has 2 aromatic rings. The highest BCUT2D eigenvalue weighted by atomic mass is 35.5. The Bertz CT molecular complexity index is 558. The van der Waals surface area contributed by atoms with E-state index in [4.69, 9.17) is 11.6 Å². The number of benzene rings is 1. The molecule has 1 heterocycles. The minimum Gasteiger partial charge on any atom is -0.143 e. The highest BCUT2D eigenvalue weighted by Gasteiger charge is 2.19. The van der Waals surface area contributed by atoms with Crippen LogP contribution >= 0.6 is 22.9 Å². The highest BCUT2D eigenvalue weighted by Crippen LogP contribution is 2.36. The van der Waals surface area contributed by atoms with Crippen molar-refractivity contribution >= 4 is 22.9 Å². The molecule has 1 aromatic heterocycles. The third kappa shape index (κ3) is 3.10. The second-order valence-electron chi connectivity index (χ2n) is 6.11. The molecule has 1 atom stereocenters. The lowest BCUT2D eigenvalue weighted by atomic mass is 9.82. The summed E-state index contributed by atoms with van der Waals surface area (Å²) in [5, 5.41) is -0.0359. The largest absolute Gasteiger partial charge is 0.143 e. The Hall–Kier alpha value is -0.790. The first-order valence-corrected chi connectivity index (χ1v) is 8.42. The molecule has 0 nitrogen and oxygen atoms in total. The SMILES string of the molecule is CCC(C)(C)c1ccc(C(Cl)c2cc(C)c(C)s2)cc1. The zero-order chi connectivity index (χ0) is 14.9. The van der Waals surface area contributed by atoms with Crippen LogP contribution in [0, 0.1) is 13.8 Å². The van der Waals surface area contributed by atoms with Gasteiger partial charge in [0.05, 0.1) is 5.38 Å². The summed E-state index contributed by atoms with van der Waals surface area (Å²) in [6.07, 6.45) is 1.14. The number of rotatable bonds is 4. The molecule has 2 heteroatoms. The fraction of sp³-hybridized carbons (Fsp3) is 0.444. The van der Waals surface area contributed by atoms with Crippen LogP contribution in [0.4, 0.5) is 0 Å². The van der Waals surface area contributed by atoms with Crippen molar-refractivity contribution < 1.29 is 0 Å². The second kappa shape index (κ2) is 5.91. The summed E-state index contributed by atoms with van der Waals surface area (Å²) >= 11 is 8.43. The molecule has 0 aliphatic heterocycles. The third-order valence-corrected chi connectivity index (χ3v) is 6.14. The standard InChI is InChI=1S/C18H23ClS/c1-6-18(4,5)15-9-7-14(8-10-15)17(19)16-11-12(2)13(3)20-16/h7-11,17H,6H2,1-5H3. The Morgan fingerprint density at radius 3 is 2.20 bits per heavy atom. The zero-order valence-corrected chi connectivity index (χ0v) is 14.5. The molecule has 0 saturated heterocycles. The van der Waals surface area contributed by atoms with Gasteiger partial charge < -0.3 is 0 Å². The molecule has 0 aliphatic rings. The highest BCUT2D eigenvalue weighted by molar-refractivity contribution is 7.12. The minimum atomic E-state index is -0.0359. The van der Waals surface area contributed by atoms with Gasteiger partial charge in [0.2, 0.25) is 0 Å². The van der Waals surface area contributed by atoms with E-state index in [1.54, 1.807) is 11.3 Å². The van der Waals surface area contributed by atoms with E-state index in [0.717, 1.165) is 6.42 Å². The van der Waals surface area contributed by atoms with Crippen molar-refractivity contribution in [3.63, 3.8) is 0 Å². The van der Waals surface area contributed by atoms with Gasteiger partial charge >= 0.3 is 0 Å². The van der Waals surface area contributed by atoms with Crippen molar-refractivity contribution in [3.8, 4) is 0 Å². The second-order valence-corrected chi connectivity index (χ2v) is 7.83. The lowest BCUT2D eigenvalue weighted by molar-refractivity contribution is 0.506. The molecule has 0 N–H and O–H groups in total. The zero-order valence-electron chi connectivity index (χ0n) is 13.0. The summed E-state index contributed by atoms with van der Waals surface area (Å²) in [6.45, 7) is 11.1. The average molecular weight is 307 g/mol. The fourth-order valence-electron chi connectivity index (χ4n) is 2.20. The van der Waals surface area contributed by atoms with Gasteiger partial charge in [-0.2, -0.15) is 0 Å². The number of hydrogen-bond donors (Lipinski definition) is 0. The molecule has 20 heavy (non-hydrogen) atoms. The van der Waals surface area contributed by atoms with Crippen molar-refractivity contribution in [3.05, 3.63) is 56.8 Å². The first-order valence-electron chi connectivity index (χ1n) is 7.16. The van der Waals surface area contributed by atoms with Crippen LogP contribution in [-0.4, -0.2) is 0 Å². The van der Waals surface area contributed by atoms with Gasteiger partial charge in [0.25, 0.3) is 0 Å². The van der Waals surface area contributed by atoms with Crippen LogP contribution in [0.3, 0.4) is 0 Å². The molecule has 0 saturated carbocycles. The van der Waals surface area contributed by atoms with Gasteiger partial charge in [-0.15, -0.1) is 22.9 Å². The third-order valence-electron chi connectivity index (χ3n) is 4.30. The van der Waals surface area contributed by atoms with Gasteiger partial charge in [0, 0.05) is 9.75 Å². The van der Waals surface area contributed by atoms with E-state index in [0.29, 0.717) is 0 Å². The summed E-state index contributed by atoms with van der Waals surface area (Å²) in [4.78, 5) is 2.60. The number of hydrogen-bond acceptors (Lipinski definition) is 1. The molecule has 1 aromatic carbocycles. The summed E-state index contributed by atoms with van der Waals surface area (Å²) in [5.74, 6) is 0. The van der Waals surface area contributed by atoms with E-state index in [9.17, 15) is 0 Å². The smallest absolute Gasteiger partial charge is 0.0927 e. The van der Waals surface area contributed by atoms with E-state index in [1.165, 1.54) is 26.4 Å². The molecule has 0 spiro atoms. The Morgan fingerprint density at radius 2 is 1.75 bits per heavy atom. The van der Waals surface area contributed by atoms with E-state index in [2.05, 4.69) is 65.0 Å². The van der Waals surface area contributed by atoms with Crippen molar-refractivity contribution in [2.45, 2.75) is 51.8 Å². The van der Waals surface area contributed by atoms with Crippen LogP contribution in [0.15, 0.2) is 30.3 Å². The molecule has 0 bridgehead atoms. The van der Waals surface area contributed by atoms with E-state index < -0.39 is 0 Å². The Morgan fingerprint density at radius 1 is 1.15 bits per heavy atom. The van der Waals surface area contributed by atoms with Gasteiger partial charge in [0.15, 0.2) is 0 Å². The van der Waals surface area contributed by atoms with E-state index in [-0.39, 0.29) is 10.8 Å². The number of halogens is 1. The molecule has 0 aliphatic carbocycles. The predicted octanol–water partition coefficient (Wildman–Crippen LogP) is 6.38. The summed E-state index contributed by atoms with van der Waals surface area (Å²) < 4.78 is 0. The Kier molecular flexibility index (Phi) is 4.61. The number of alkyl halides is 1. The number of thiophene rings is 1. The normalized spacial score (nSPS) is 13.5. The molecule has 1 unspecified atom stereocenters. The van der Waals surface area contributed by atoms with Gasteiger partial charge in [-0.1, -0.05) is 45.0 Å².